The van der Waals surface area contributed by atoms with E-state index < -0.39 is 12.0 Å². The van der Waals surface area contributed by atoms with Gasteiger partial charge in [-0.05, 0) is 19.4 Å². The molecule has 8 heteroatoms. The number of methoxy groups -OCH3 is 1. The van der Waals surface area contributed by atoms with Crippen molar-refractivity contribution in [3.63, 3.8) is 0 Å². The average Bonchev–Trinajstić information content (AvgIpc) is 2.90. The molecule has 0 radical (unpaired) electrons. The van der Waals surface area contributed by atoms with Crippen molar-refractivity contribution in [3.8, 4) is 0 Å². The van der Waals surface area contributed by atoms with E-state index in [1.165, 1.54) is 4.68 Å². The number of carbonyl (C=O) groups is 2. The van der Waals surface area contributed by atoms with Gasteiger partial charge in [-0.1, -0.05) is 19.1 Å². The molecule has 0 aliphatic carbocycles. The molecule has 0 aliphatic heterocycles. The van der Waals surface area contributed by atoms with Gasteiger partial charge in [-0.3, -0.25) is 4.79 Å². The van der Waals surface area contributed by atoms with Crippen molar-refractivity contribution in [2.75, 3.05) is 19.1 Å². The summed E-state index contributed by atoms with van der Waals surface area (Å²) >= 11 is 0. The van der Waals surface area contributed by atoms with Gasteiger partial charge in [0.25, 0.3) is 5.91 Å². The second-order valence-electron chi connectivity index (χ2n) is 5.04. The van der Waals surface area contributed by atoms with Crippen LogP contribution in [-0.4, -0.2) is 40.4 Å². The molecule has 0 saturated carbocycles. The highest BCUT2D eigenvalue weighted by atomic mass is 16.5. The Labute approximate surface area is 133 Å². The Morgan fingerprint density at radius 3 is 2.78 bits per heavy atom. The van der Waals surface area contributed by atoms with Crippen molar-refractivity contribution < 1.29 is 19.4 Å². The molecular weight excluding hydrogens is 300 g/mol. The predicted molar refractivity (Wildman–Crippen MR) is 85.2 cm³/mol. The first-order valence-corrected chi connectivity index (χ1v) is 7.31. The number of benzene rings is 1. The van der Waals surface area contributed by atoms with Crippen molar-refractivity contribution in [2.45, 2.75) is 26.4 Å². The van der Waals surface area contributed by atoms with Gasteiger partial charge in [0.1, 0.15) is 0 Å². The van der Waals surface area contributed by atoms with Gasteiger partial charge in [-0.15, -0.1) is 0 Å². The van der Waals surface area contributed by atoms with Gasteiger partial charge in [0.2, 0.25) is 5.82 Å². The highest BCUT2D eigenvalue weighted by Gasteiger charge is 2.21. The zero-order chi connectivity index (χ0) is 17.0. The third-order valence-electron chi connectivity index (χ3n) is 3.45. The molecule has 8 nitrogen and oxygen atoms in total. The lowest BCUT2D eigenvalue weighted by molar-refractivity contribution is 0.0941. The first-order chi connectivity index (χ1) is 11.0. The van der Waals surface area contributed by atoms with Gasteiger partial charge in [0.05, 0.1) is 17.1 Å². The summed E-state index contributed by atoms with van der Waals surface area (Å²) in [5, 5.41) is 11.7. The summed E-state index contributed by atoms with van der Waals surface area (Å²) in [7, 11) is 1.57. The predicted octanol–water partition coefficient (Wildman–Crippen LogP) is 2.10. The fraction of sp³-hybridized carbons (Fsp3) is 0.400. The lowest BCUT2D eigenvalue weighted by Crippen LogP contribution is -2.31. The van der Waals surface area contributed by atoms with Gasteiger partial charge in [-0.25, -0.2) is 19.9 Å². The maximum Gasteiger partial charge on any atom is 0.424 e. The SMILES string of the molecule is CCCNC(=O)c1nc2c(C(C)OC)cccc2n1NC(=O)O. The first kappa shape index (κ1) is 16.8. The smallest absolute Gasteiger partial charge is 0.424 e. The van der Waals surface area contributed by atoms with Crippen molar-refractivity contribution in [2.24, 2.45) is 0 Å². The highest BCUT2D eigenvalue weighted by Crippen LogP contribution is 2.26. The van der Waals surface area contributed by atoms with Crippen LogP contribution in [0, 0.1) is 0 Å². The molecule has 1 aromatic heterocycles. The van der Waals surface area contributed by atoms with E-state index in [0.29, 0.717) is 17.6 Å². The largest absolute Gasteiger partial charge is 0.464 e. The number of nitrogens with one attached hydrogen (secondary N) is 2. The van der Waals surface area contributed by atoms with Crippen LogP contribution in [-0.2, 0) is 4.74 Å². The first-order valence-electron chi connectivity index (χ1n) is 7.31. The van der Waals surface area contributed by atoms with Crippen molar-refractivity contribution in [1.29, 1.82) is 0 Å². The second kappa shape index (κ2) is 7.10. The molecular formula is C15H20N4O4. The number of carbonyl (C=O) groups excluding carboxylic acids is 1. The summed E-state index contributed by atoms with van der Waals surface area (Å²) < 4.78 is 6.49. The number of para-hydroxylation sites is 1. The van der Waals surface area contributed by atoms with Crippen LogP contribution < -0.4 is 10.7 Å². The Kier molecular flexibility index (Phi) is 5.17. The summed E-state index contributed by atoms with van der Waals surface area (Å²) in [6.07, 6.45) is -0.748. The number of rotatable bonds is 6. The Balaban J connectivity index is 2.60. The van der Waals surface area contributed by atoms with Gasteiger partial charge < -0.3 is 15.2 Å². The van der Waals surface area contributed by atoms with Gasteiger partial charge in [-0.2, -0.15) is 0 Å². The fourth-order valence-corrected chi connectivity index (χ4v) is 2.25. The zero-order valence-electron chi connectivity index (χ0n) is 13.3. The normalized spacial score (nSPS) is 12.1. The van der Waals surface area contributed by atoms with E-state index in [2.05, 4.69) is 15.7 Å². The topological polar surface area (TPSA) is 105 Å². The summed E-state index contributed by atoms with van der Waals surface area (Å²) in [5.41, 5.74) is 4.01. The summed E-state index contributed by atoms with van der Waals surface area (Å²) in [5.74, 6) is -0.445. The molecule has 0 bridgehead atoms. The molecule has 0 aliphatic rings. The zero-order valence-corrected chi connectivity index (χ0v) is 13.3. The minimum atomic E-state index is -1.28. The average molecular weight is 320 g/mol. The van der Waals surface area contributed by atoms with Crippen LogP contribution >= 0.6 is 0 Å². The fourth-order valence-electron chi connectivity index (χ4n) is 2.25. The van der Waals surface area contributed by atoms with E-state index in [0.717, 1.165) is 12.0 Å². The molecule has 1 aromatic carbocycles. The number of carboxylic acid groups (broad SMARTS) is 1. The highest BCUT2D eigenvalue weighted by molar-refractivity contribution is 5.96. The standard InChI is InChI=1S/C15H20N4O4/c1-4-8-16-14(20)13-17-12-10(9(2)23-3)6-5-7-11(12)19(13)18-15(21)22/h5-7,9,18H,4,8H2,1-3H3,(H,16,20)(H,21,22). The van der Waals surface area contributed by atoms with Gasteiger partial charge in [0, 0.05) is 19.2 Å². The number of hydrogen-bond acceptors (Lipinski definition) is 4. The Morgan fingerprint density at radius 2 is 2.17 bits per heavy atom. The number of imidazole rings is 1. The molecule has 1 unspecified atom stereocenters. The van der Waals surface area contributed by atoms with Crippen molar-refractivity contribution in [1.82, 2.24) is 15.0 Å². The van der Waals surface area contributed by atoms with E-state index in [1.807, 2.05) is 19.9 Å². The van der Waals surface area contributed by atoms with Crippen LogP contribution in [0.1, 0.15) is 42.6 Å². The minimum absolute atomic E-state index is 0.00777. The van der Waals surface area contributed by atoms with Crippen LogP contribution in [0.3, 0.4) is 0 Å². The Bertz CT molecular complexity index is 726. The quantitative estimate of drug-likeness (QED) is 0.756. The minimum Gasteiger partial charge on any atom is -0.464 e. The van der Waals surface area contributed by atoms with Crippen molar-refractivity contribution >= 4 is 23.0 Å². The maximum atomic E-state index is 12.3. The lowest BCUT2D eigenvalue weighted by Gasteiger charge is -2.10. The molecule has 2 amide bonds. The monoisotopic (exact) mass is 320 g/mol. The molecule has 2 rings (SSSR count). The lowest BCUT2D eigenvalue weighted by atomic mass is 10.1. The molecule has 0 saturated heterocycles. The second-order valence-corrected chi connectivity index (χ2v) is 5.04. The Morgan fingerprint density at radius 1 is 1.43 bits per heavy atom. The van der Waals surface area contributed by atoms with Crippen LogP contribution in [0.25, 0.3) is 11.0 Å². The Hall–Kier alpha value is -2.61. The van der Waals surface area contributed by atoms with E-state index in [9.17, 15) is 9.59 Å². The number of nitrogens with zero attached hydrogens (tertiary/aromatic N) is 2. The van der Waals surface area contributed by atoms with E-state index in [-0.39, 0.29) is 11.9 Å². The molecule has 0 fully saturated rings. The van der Waals surface area contributed by atoms with Crippen LogP contribution in [0.15, 0.2) is 18.2 Å². The van der Waals surface area contributed by atoms with Gasteiger partial charge in [0.15, 0.2) is 0 Å². The van der Waals surface area contributed by atoms with Crippen LogP contribution in [0.4, 0.5) is 4.79 Å². The summed E-state index contributed by atoms with van der Waals surface area (Å²) in [4.78, 5) is 27.7. The van der Waals surface area contributed by atoms with E-state index in [1.54, 1.807) is 19.2 Å². The molecule has 2 aromatic rings. The van der Waals surface area contributed by atoms with Gasteiger partial charge >= 0.3 is 6.09 Å². The molecule has 23 heavy (non-hydrogen) atoms. The summed E-state index contributed by atoms with van der Waals surface area (Å²) in [6.45, 7) is 4.27. The maximum absolute atomic E-state index is 12.3. The van der Waals surface area contributed by atoms with Crippen LogP contribution in [0.5, 0.6) is 0 Å². The molecule has 1 heterocycles. The number of fused-ring (bicyclic) bond motifs is 1. The van der Waals surface area contributed by atoms with Crippen LogP contribution in [0.2, 0.25) is 0 Å². The third-order valence-corrected chi connectivity index (χ3v) is 3.45. The van der Waals surface area contributed by atoms with E-state index >= 15 is 0 Å². The third kappa shape index (κ3) is 3.42. The number of aromatic nitrogens is 2. The molecule has 0 spiro atoms. The van der Waals surface area contributed by atoms with Crippen molar-refractivity contribution in [3.05, 3.63) is 29.6 Å². The summed E-state index contributed by atoms with van der Waals surface area (Å²) in [6, 6.07) is 5.30. The number of amides is 2. The van der Waals surface area contributed by atoms with E-state index in [4.69, 9.17) is 9.84 Å². The molecule has 1 atom stereocenters. The molecule has 124 valence electrons. The molecule has 3 N–H and O–H groups in total. The number of ether oxygens (including phenoxy) is 1. The number of hydrogen-bond donors (Lipinski definition) is 3.